The maximum atomic E-state index is 5.65. The number of H-pyrrole nitrogens is 1. The van der Waals surface area contributed by atoms with E-state index in [0.717, 1.165) is 52.0 Å². The Hall–Kier alpha value is -1.65. The topological polar surface area (TPSA) is 41.2 Å². The zero-order chi connectivity index (χ0) is 15.5. The highest BCUT2D eigenvalue weighted by molar-refractivity contribution is 5.26. The number of aromatic amines is 1. The fraction of sp³-hybridized carbons (Fsp3) is 0.526. The number of rotatable bonds is 4. The molecule has 4 rings (SSSR count). The largest absolute Gasteiger partial charge is 0.381 e. The molecule has 1 N–H and O–H groups in total. The number of ether oxygens (including phenoxy) is 1. The summed E-state index contributed by atoms with van der Waals surface area (Å²) in [7, 11) is 0. The molecule has 4 nitrogen and oxygen atoms in total. The summed E-state index contributed by atoms with van der Waals surface area (Å²) in [6, 6.07) is 10.8. The van der Waals surface area contributed by atoms with Gasteiger partial charge in [0.15, 0.2) is 0 Å². The third-order valence-electron chi connectivity index (χ3n) is 5.45. The lowest BCUT2D eigenvalue weighted by atomic mass is 9.80. The van der Waals surface area contributed by atoms with Gasteiger partial charge in [-0.1, -0.05) is 30.3 Å². The number of nitrogens with one attached hydrogen (secondary N) is 1. The van der Waals surface area contributed by atoms with Gasteiger partial charge in [-0.3, -0.25) is 4.90 Å². The molecule has 122 valence electrons. The second-order valence-corrected chi connectivity index (χ2v) is 6.70. The van der Waals surface area contributed by atoms with Crippen molar-refractivity contribution in [2.45, 2.75) is 37.6 Å². The van der Waals surface area contributed by atoms with Crippen molar-refractivity contribution < 1.29 is 4.74 Å². The van der Waals surface area contributed by atoms with Gasteiger partial charge in [0.25, 0.3) is 0 Å². The molecular formula is C19H25N3O. The number of hydrogen-bond acceptors (Lipinski definition) is 3. The molecular weight excluding hydrogens is 286 g/mol. The summed E-state index contributed by atoms with van der Waals surface area (Å²) in [5.41, 5.74) is 4.16. The second kappa shape index (κ2) is 6.46. The second-order valence-electron chi connectivity index (χ2n) is 6.70. The van der Waals surface area contributed by atoms with E-state index in [1.54, 1.807) is 0 Å². The molecule has 1 aromatic heterocycles. The van der Waals surface area contributed by atoms with E-state index >= 15 is 0 Å². The van der Waals surface area contributed by atoms with Gasteiger partial charge in [0.2, 0.25) is 0 Å². The first-order valence-corrected chi connectivity index (χ1v) is 8.78. The Kier molecular flexibility index (Phi) is 4.19. The monoisotopic (exact) mass is 311 g/mol. The van der Waals surface area contributed by atoms with Gasteiger partial charge in [-0.05, 0) is 37.8 Å². The molecule has 2 aliphatic heterocycles. The van der Waals surface area contributed by atoms with Crippen LogP contribution < -0.4 is 0 Å². The molecule has 0 bridgehead atoms. The van der Waals surface area contributed by atoms with Crippen LogP contribution in [0.4, 0.5) is 0 Å². The zero-order valence-corrected chi connectivity index (χ0v) is 13.6. The number of nitrogens with zero attached hydrogens (tertiary/aromatic N) is 2. The number of aromatic nitrogens is 2. The molecule has 3 heterocycles. The molecule has 1 aromatic carbocycles. The average molecular weight is 311 g/mol. The number of fused-ring (bicyclic) bond motifs is 2. The Morgan fingerprint density at radius 1 is 1.17 bits per heavy atom. The number of imidazole rings is 1. The van der Waals surface area contributed by atoms with Gasteiger partial charge in [-0.15, -0.1) is 0 Å². The van der Waals surface area contributed by atoms with E-state index < -0.39 is 0 Å². The van der Waals surface area contributed by atoms with Gasteiger partial charge in [0.1, 0.15) is 0 Å². The molecule has 0 aliphatic carbocycles. The summed E-state index contributed by atoms with van der Waals surface area (Å²) in [5, 5.41) is 0. The highest BCUT2D eigenvalue weighted by atomic mass is 16.5. The summed E-state index contributed by atoms with van der Waals surface area (Å²) >= 11 is 0. The first-order valence-electron chi connectivity index (χ1n) is 8.78. The van der Waals surface area contributed by atoms with Gasteiger partial charge >= 0.3 is 0 Å². The Labute approximate surface area is 137 Å². The predicted molar refractivity (Wildman–Crippen MR) is 90.4 cm³/mol. The minimum atomic E-state index is 0.0997. The molecule has 0 atom stereocenters. The van der Waals surface area contributed by atoms with Crippen LogP contribution in [0, 0.1) is 0 Å². The van der Waals surface area contributed by atoms with Gasteiger partial charge < -0.3 is 9.72 Å². The first-order chi connectivity index (χ1) is 11.4. The van der Waals surface area contributed by atoms with Crippen molar-refractivity contribution in [1.82, 2.24) is 14.9 Å². The Bertz CT molecular complexity index is 631. The molecule has 4 heteroatoms. The van der Waals surface area contributed by atoms with Gasteiger partial charge in [0.05, 0.1) is 17.6 Å². The summed E-state index contributed by atoms with van der Waals surface area (Å²) in [6.07, 6.45) is 7.44. The van der Waals surface area contributed by atoms with Gasteiger partial charge in [-0.25, -0.2) is 4.98 Å². The smallest absolute Gasteiger partial charge is 0.0926 e. The summed E-state index contributed by atoms with van der Waals surface area (Å²) in [6.45, 7) is 3.97. The summed E-state index contributed by atoms with van der Waals surface area (Å²) in [4.78, 5) is 10.7. The normalized spacial score (nSPS) is 20.5. The molecule has 1 spiro atoms. The standard InChI is InChI=1S/C19H25N3O/c1-2-5-16(6-3-1)7-4-11-22-12-8-17-18(21-15-20-17)19(22)9-13-23-14-10-19/h1-3,5-6,15H,4,7-14H2,(H,20,21). The summed E-state index contributed by atoms with van der Waals surface area (Å²) < 4.78 is 5.65. The van der Waals surface area contributed by atoms with E-state index in [4.69, 9.17) is 9.72 Å². The van der Waals surface area contributed by atoms with E-state index in [-0.39, 0.29) is 5.54 Å². The lowest BCUT2D eigenvalue weighted by molar-refractivity contribution is -0.0411. The Morgan fingerprint density at radius 3 is 2.83 bits per heavy atom. The van der Waals surface area contributed by atoms with E-state index in [9.17, 15) is 0 Å². The fourth-order valence-electron chi connectivity index (χ4n) is 4.23. The van der Waals surface area contributed by atoms with Gasteiger partial charge in [-0.2, -0.15) is 0 Å². The van der Waals surface area contributed by atoms with Crippen LogP contribution in [-0.2, 0) is 23.1 Å². The minimum absolute atomic E-state index is 0.0997. The maximum Gasteiger partial charge on any atom is 0.0926 e. The third kappa shape index (κ3) is 2.81. The number of hydrogen-bond donors (Lipinski definition) is 1. The van der Waals surface area contributed by atoms with Crippen molar-refractivity contribution in [2.24, 2.45) is 0 Å². The van der Waals surface area contributed by atoms with Crippen molar-refractivity contribution in [1.29, 1.82) is 0 Å². The van der Waals surface area contributed by atoms with Crippen LogP contribution in [0.1, 0.15) is 36.2 Å². The highest BCUT2D eigenvalue weighted by Crippen LogP contribution is 2.41. The molecule has 0 amide bonds. The first kappa shape index (κ1) is 14.9. The number of aryl methyl sites for hydroxylation is 1. The Morgan fingerprint density at radius 2 is 2.00 bits per heavy atom. The van der Waals surface area contributed by atoms with Crippen molar-refractivity contribution in [2.75, 3.05) is 26.3 Å². The maximum absolute atomic E-state index is 5.65. The van der Waals surface area contributed by atoms with Crippen molar-refractivity contribution in [3.8, 4) is 0 Å². The lowest BCUT2D eigenvalue weighted by Crippen LogP contribution is -2.54. The minimum Gasteiger partial charge on any atom is -0.381 e. The lowest BCUT2D eigenvalue weighted by Gasteiger charge is -2.48. The van der Waals surface area contributed by atoms with Crippen LogP contribution in [0.3, 0.4) is 0 Å². The quantitative estimate of drug-likeness (QED) is 0.944. The Balaban J connectivity index is 1.49. The third-order valence-corrected chi connectivity index (χ3v) is 5.45. The highest BCUT2D eigenvalue weighted by Gasteiger charge is 2.45. The van der Waals surface area contributed by atoms with Crippen LogP contribution in [-0.4, -0.2) is 41.2 Å². The van der Waals surface area contributed by atoms with Crippen molar-refractivity contribution >= 4 is 0 Å². The molecule has 2 aromatic rings. The van der Waals surface area contributed by atoms with Crippen molar-refractivity contribution in [3.63, 3.8) is 0 Å². The average Bonchev–Trinajstić information content (AvgIpc) is 3.09. The van der Waals surface area contributed by atoms with E-state index in [1.165, 1.54) is 23.4 Å². The van der Waals surface area contributed by atoms with E-state index in [0.29, 0.717) is 0 Å². The molecule has 1 saturated heterocycles. The predicted octanol–water partition coefficient (Wildman–Crippen LogP) is 2.91. The van der Waals surface area contributed by atoms with E-state index in [1.807, 2.05) is 6.33 Å². The molecule has 1 fully saturated rings. The molecule has 0 unspecified atom stereocenters. The van der Waals surface area contributed by atoms with E-state index in [2.05, 4.69) is 40.2 Å². The molecule has 0 radical (unpaired) electrons. The van der Waals surface area contributed by atoms with Crippen LogP contribution in [0.25, 0.3) is 0 Å². The fourth-order valence-corrected chi connectivity index (χ4v) is 4.23. The van der Waals surface area contributed by atoms with Crippen LogP contribution >= 0.6 is 0 Å². The van der Waals surface area contributed by atoms with Crippen LogP contribution in [0.15, 0.2) is 36.7 Å². The van der Waals surface area contributed by atoms with Gasteiger partial charge in [0, 0.05) is 31.9 Å². The molecule has 2 aliphatic rings. The zero-order valence-electron chi connectivity index (χ0n) is 13.6. The number of benzene rings is 1. The molecule has 23 heavy (non-hydrogen) atoms. The van der Waals surface area contributed by atoms with Crippen LogP contribution in [0.5, 0.6) is 0 Å². The molecule has 0 saturated carbocycles. The van der Waals surface area contributed by atoms with Crippen LogP contribution in [0.2, 0.25) is 0 Å². The summed E-state index contributed by atoms with van der Waals surface area (Å²) in [5.74, 6) is 0. The van der Waals surface area contributed by atoms with Crippen molar-refractivity contribution in [3.05, 3.63) is 53.6 Å². The SMILES string of the molecule is c1ccc(CCCN2CCc3[nH]cnc3C23CCOCC3)cc1.